The second-order valence-electron chi connectivity index (χ2n) is 5.13. The van der Waals surface area contributed by atoms with E-state index < -0.39 is 0 Å². The molecule has 6 heteroatoms. The zero-order valence-corrected chi connectivity index (χ0v) is 13.9. The molecule has 21 heavy (non-hydrogen) atoms. The van der Waals surface area contributed by atoms with Gasteiger partial charge in [-0.3, -0.25) is 0 Å². The summed E-state index contributed by atoms with van der Waals surface area (Å²) in [6.45, 7) is 5.19. The van der Waals surface area contributed by atoms with Gasteiger partial charge in [-0.15, -0.1) is 0 Å². The minimum atomic E-state index is 0.305. The van der Waals surface area contributed by atoms with Crippen LogP contribution >= 0.6 is 23.4 Å². The molecule has 1 fully saturated rings. The molecular formula is C15H19ClN4S. The van der Waals surface area contributed by atoms with E-state index in [0.29, 0.717) is 5.28 Å². The lowest BCUT2D eigenvalue weighted by molar-refractivity contribution is 0.859. The van der Waals surface area contributed by atoms with E-state index in [-0.39, 0.29) is 0 Å². The van der Waals surface area contributed by atoms with Gasteiger partial charge in [0.1, 0.15) is 5.82 Å². The Hall–Kier alpha value is -1.20. The number of fused-ring (bicyclic) bond motifs is 1. The fourth-order valence-corrected chi connectivity index (χ4v) is 3.61. The molecule has 2 aromatic rings. The maximum atomic E-state index is 6.05. The Morgan fingerprint density at radius 3 is 2.76 bits per heavy atom. The topological polar surface area (TPSA) is 32.3 Å². The van der Waals surface area contributed by atoms with E-state index in [4.69, 9.17) is 11.6 Å². The van der Waals surface area contributed by atoms with Gasteiger partial charge < -0.3 is 9.80 Å². The first kappa shape index (κ1) is 14.7. The van der Waals surface area contributed by atoms with Gasteiger partial charge in [-0.25, -0.2) is 4.98 Å². The number of anilines is 2. The summed E-state index contributed by atoms with van der Waals surface area (Å²) in [7, 11) is 2.03. The van der Waals surface area contributed by atoms with Crippen molar-refractivity contribution in [3.8, 4) is 0 Å². The van der Waals surface area contributed by atoms with Crippen LogP contribution < -0.4 is 9.80 Å². The molecule has 1 aromatic carbocycles. The number of halogens is 1. The fourth-order valence-electron chi connectivity index (χ4n) is 2.53. The molecule has 0 N–H and O–H groups in total. The number of thioether (sulfide) groups is 1. The zero-order valence-electron chi connectivity index (χ0n) is 12.3. The number of hydrogen-bond donors (Lipinski definition) is 0. The average Bonchev–Trinajstić information content (AvgIpc) is 2.53. The van der Waals surface area contributed by atoms with Crippen LogP contribution in [0.15, 0.2) is 18.2 Å². The first-order chi connectivity index (χ1) is 10.2. The third-order valence-electron chi connectivity index (χ3n) is 3.84. The van der Waals surface area contributed by atoms with E-state index in [1.807, 2.05) is 24.9 Å². The Labute approximate surface area is 134 Å². The predicted molar refractivity (Wildman–Crippen MR) is 93.0 cm³/mol. The van der Waals surface area contributed by atoms with Crippen LogP contribution in [0.25, 0.3) is 10.9 Å². The molecule has 2 heterocycles. The molecule has 4 nitrogen and oxygen atoms in total. The summed E-state index contributed by atoms with van der Waals surface area (Å²) in [5.41, 5.74) is 2.15. The number of rotatable bonds is 3. The van der Waals surface area contributed by atoms with Gasteiger partial charge in [-0.05, 0) is 36.7 Å². The standard InChI is InChI=1S/C15H19ClN4S/c1-3-19(2)14-12-10-11(20-6-8-21-9-7-20)4-5-13(12)17-15(16)18-14/h4-5,10H,3,6-9H2,1-2H3. The normalized spacial score (nSPS) is 15.5. The third kappa shape index (κ3) is 3.04. The largest absolute Gasteiger partial charge is 0.370 e. The maximum Gasteiger partial charge on any atom is 0.224 e. The van der Waals surface area contributed by atoms with E-state index >= 15 is 0 Å². The molecule has 0 radical (unpaired) electrons. The van der Waals surface area contributed by atoms with Gasteiger partial charge in [0, 0.05) is 49.3 Å². The average molecular weight is 323 g/mol. The second kappa shape index (κ2) is 6.28. The fraction of sp³-hybridized carbons (Fsp3) is 0.467. The minimum Gasteiger partial charge on any atom is -0.370 e. The number of benzene rings is 1. The molecule has 1 aromatic heterocycles. The zero-order chi connectivity index (χ0) is 14.8. The molecule has 0 spiro atoms. The van der Waals surface area contributed by atoms with Crippen LogP contribution in [0.4, 0.5) is 11.5 Å². The lowest BCUT2D eigenvalue weighted by Gasteiger charge is -2.29. The molecule has 0 aliphatic carbocycles. The molecular weight excluding hydrogens is 304 g/mol. The van der Waals surface area contributed by atoms with Crippen molar-refractivity contribution in [2.24, 2.45) is 0 Å². The summed E-state index contributed by atoms with van der Waals surface area (Å²) in [6.07, 6.45) is 0. The minimum absolute atomic E-state index is 0.305. The second-order valence-corrected chi connectivity index (χ2v) is 6.69. The molecule has 0 atom stereocenters. The molecule has 3 rings (SSSR count). The van der Waals surface area contributed by atoms with E-state index in [9.17, 15) is 0 Å². The third-order valence-corrected chi connectivity index (χ3v) is 4.96. The Morgan fingerprint density at radius 1 is 1.29 bits per heavy atom. The van der Waals surface area contributed by atoms with Crippen LogP contribution in [0.3, 0.4) is 0 Å². The van der Waals surface area contributed by atoms with Crippen molar-refractivity contribution in [2.75, 3.05) is 48.0 Å². The molecule has 0 amide bonds. The Bertz CT molecular complexity index is 643. The smallest absolute Gasteiger partial charge is 0.224 e. The predicted octanol–water partition coefficient (Wildman–Crippen LogP) is 3.29. The number of nitrogens with zero attached hydrogens (tertiary/aromatic N) is 4. The van der Waals surface area contributed by atoms with Crippen LogP contribution in [0.2, 0.25) is 5.28 Å². The van der Waals surface area contributed by atoms with Gasteiger partial charge in [0.2, 0.25) is 5.28 Å². The molecule has 1 aliphatic rings. The van der Waals surface area contributed by atoms with Gasteiger partial charge in [0.15, 0.2) is 0 Å². The molecule has 0 unspecified atom stereocenters. The summed E-state index contributed by atoms with van der Waals surface area (Å²) < 4.78 is 0. The lowest BCUT2D eigenvalue weighted by Crippen LogP contribution is -2.32. The molecule has 1 aliphatic heterocycles. The van der Waals surface area contributed by atoms with E-state index in [2.05, 4.69) is 38.8 Å². The van der Waals surface area contributed by atoms with E-state index in [0.717, 1.165) is 36.4 Å². The summed E-state index contributed by atoms with van der Waals surface area (Å²) >= 11 is 8.07. The quantitative estimate of drug-likeness (QED) is 0.810. The highest BCUT2D eigenvalue weighted by Crippen LogP contribution is 2.29. The van der Waals surface area contributed by atoms with Gasteiger partial charge in [-0.1, -0.05) is 0 Å². The van der Waals surface area contributed by atoms with E-state index in [1.165, 1.54) is 17.2 Å². The van der Waals surface area contributed by atoms with Crippen molar-refractivity contribution >= 4 is 45.8 Å². The highest BCUT2D eigenvalue weighted by molar-refractivity contribution is 7.99. The van der Waals surface area contributed by atoms with Crippen LogP contribution in [-0.2, 0) is 0 Å². The van der Waals surface area contributed by atoms with Gasteiger partial charge in [0.25, 0.3) is 0 Å². The number of aromatic nitrogens is 2. The first-order valence-corrected chi connectivity index (χ1v) is 8.73. The van der Waals surface area contributed by atoms with Gasteiger partial charge >= 0.3 is 0 Å². The monoisotopic (exact) mass is 322 g/mol. The summed E-state index contributed by atoms with van der Waals surface area (Å²) in [5.74, 6) is 3.29. The molecule has 0 bridgehead atoms. The Balaban J connectivity index is 2.08. The maximum absolute atomic E-state index is 6.05. The lowest BCUT2D eigenvalue weighted by atomic mass is 10.2. The molecule has 112 valence electrons. The van der Waals surface area contributed by atoms with Crippen molar-refractivity contribution in [3.63, 3.8) is 0 Å². The Kier molecular flexibility index (Phi) is 4.40. The Morgan fingerprint density at radius 2 is 2.05 bits per heavy atom. The SMILES string of the molecule is CCN(C)c1nc(Cl)nc2ccc(N3CCSCC3)cc12. The van der Waals surface area contributed by atoms with E-state index in [1.54, 1.807) is 0 Å². The van der Waals surface area contributed by atoms with Gasteiger partial charge in [0.05, 0.1) is 5.52 Å². The summed E-state index contributed by atoms with van der Waals surface area (Å²) in [6, 6.07) is 6.38. The highest BCUT2D eigenvalue weighted by atomic mass is 35.5. The van der Waals surface area contributed by atoms with Crippen molar-refractivity contribution in [1.29, 1.82) is 0 Å². The first-order valence-electron chi connectivity index (χ1n) is 7.20. The van der Waals surface area contributed by atoms with Crippen molar-refractivity contribution in [2.45, 2.75) is 6.92 Å². The van der Waals surface area contributed by atoms with Crippen molar-refractivity contribution < 1.29 is 0 Å². The summed E-state index contributed by atoms with van der Waals surface area (Å²) in [4.78, 5) is 13.3. The highest BCUT2D eigenvalue weighted by Gasteiger charge is 2.15. The molecule has 0 saturated carbocycles. The number of hydrogen-bond acceptors (Lipinski definition) is 5. The van der Waals surface area contributed by atoms with Crippen molar-refractivity contribution in [1.82, 2.24) is 9.97 Å². The van der Waals surface area contributed by atoms with Crippen LogP contribution in [-0.4, -0.2) is 48.2 Å². The molecule has 1 saturated heterocycles. The van der Waals surface area contributed by atoms with Crippen LogP contribution in [0.5, 0.6) is 0 Å². The van der Waals surface area contributed by atoms with Crippen LogP contribution in [0, 0.1) is 0 Å². The van der Waals surface area contributed by atoms with Crippen molar-refractivity contribution in [3.05, 3.63) is 23.5 Å². The van der Waals surface area contributed by atoms with Crippen LogP contribution in [0.1, 0.15) is 6.92 Å². The summed E-state index contributed by atoms with van der Waals surface area (Å²) in [5, 5.41) is 1.37. The van der Waals surface area contributed by atoms with Gasteiger partial charge in [-0.2, -0.15) is 16.7 Å².